The van der Waals surface area contributed by atoms with Crippen molar-refractivity contribution in [2.75, 3.05) is 5.32 Å². The molecule has 1 N–H and O–H groups in total. The summed E-state index contributed by atoms with van der Waals surface area (Å²) < 4.78 is 5.73. The lowest BCUT2D eigenvalue weighted by molar-refractivity contribution is 0.102. The lowest BCUT2D eigenvalue weighted by atomic mass is 9.89. The Bertz CT molecular complexity index is 837. The molecule has 0 aliphatic heterocycles. The minimum absolute atomic E-state index is 0.0853. The summed E-state index contributed by atoms with van der Waals surface area (Å²) in [4.78, 5) is 16.9. The van der Waals surface area contributed by atoms with Crippen LogP contribution in [0.15, 0.2) is 42.9 Å². The summed E-state index contributed by atoms with van der Waals surface area (Å²) in [6.45, 7) is 0. The van der Waals surface area contributed by atoms with E-state index in [9.17, 15) is 0 Å². The predicted molar refractivity (Wildman–Crippen MR) is 87.6 cm³/mol. The normalized spacial score (nSPS) is 20.0. The number of nitrogens with one attached hydrogen (secondary N) is 1. The van der Waals surface area contributed by atoms with Crippen LogP contribution < -0.4 is 10.1 Å². The highest BCUT2D eigenvalue weighted by molar-refractivity contribution is 6.30. The van der Waals surface area contributed by atoms with Gasteiger partial charge >= 0.3 is 0 Å². The molecule has 23 heavy (non-hydrogen) atoms. The number of hydrogen-bond donors (Lipinski definition) is 1. The molecular formula is C16H14ClN5O. The molecule has 6 nitrogen and oxygen atoms in total. The fourth-order valence-corrected chi connectivity index (χ4v) is 2.70. The maximum Gasteiger partial charge on any atom is 0.252 e. The van der Waals surface area contributed by atoms with Crippen LogP contribution in [0.5, 0.6) is 5.88 Å². The van der Waals surface area contributed by atoms with Crippen molar-refractivity contribution in [3.8, 4) is 5.88 Å². The molecule has 1 saturated carbocycles. The molecule has 4 rings (SSSR count). The molecule has 7 heteroatoms. The predicted octanol–water partition coefficient (Wildman–Crippen LogP) is 3.10. The molecule has 0 radical (unpaired) electrons. The average molecular weight is 328 g/mol. The van der Waals surface area contributed by atoms with Crippen LogP contribution in [0, 0.1) is 0 Å². The number of anilines is 1. The largest absolute Gasteiger partial charge is 0.472 e. The molecule has 0 spiro atoms. The van der Waals surface area contributed by atoms with E-state index in [-0.39, 0.29) is 12.1 Å². The molecule has 3 aromatic rings. The van der Waals surface area contributed by atoms with E-state index in [2.05, 4.69) is 25.3 Å². The van der Waals surface area contributed by atoms with Crippen molar-refractivity contribution in [2.45, 2.75) is 25.0 Å². The second kappa shape index (κ2) is 5.96. The lowest BCUT2D eigenvalue weighted by Crippen LogP contribution is -2.43. The Hall–Kier alpha value is -2.47. The third kappa shape index (κ3) is 3.03. The summed E-state index contributed by atoms with van der Waals surface area (Å²) in [6, 6.07) is 8.21. The van der Waals surface area contributed by atoms with Crippen molar-refractivity contribution in [1.29, 1.82) is 0 Å². The smallest absolute Gasteiger partial charge is 0.252 e. The molecule has 0 bridgehead atoms. The van der Waals surface area contributed by atoms with Gasteiger partial charge in [0.2, 0.25) is 5.95 Å². The van der Waals surface area contributed by atoms with Gasteiger partial charge in [-0.2, -0.15) is 0 Å². The summed E-state index contributed by atoms with van der Waals surface area (Å²) in [5.41, 5.74) is 0.934. The van der Waals surface area contributed by atoms with Crippen LogP contribution in [0.4, 0.5) is 5.95 Å². The Balaban J connectivity index is 1.36. The van der Waals surface area contributed by atoms with Gasteiger partial charge in [0.05, 0.1) is 5.52 Å². The molecule has 0 saturated heterocycles. The number of benzene rings is 1. The first-order chi connectivity index (χ1) is 11.3. The van der Waals surface area contributed by atoms with E-state index in [0.29, 0.717) is 17.0 Å². The number of fused-ring (bicyclic) bond motifs is 1. The van der Waals surface area contributed by atoms with Crippen molar-refractivity contribution >= 4 is 28.5 Å². The van der Waals surface area contributed by atoms with Gasteiger partial charge < -0.3 is 10.1 Å². The van der Waals surface area contributed by atoms with E-state index in [1.807, 2.05) is 30.5 Å². The van der Waals surface area contributed by atoms with Crippen molar-refractivity contribution in [1.82, 2.24) is 19.9 Å². The van der Waals surface area contributed by atoms with E-state index >= 15 is 0 Å². The van der Waals surface area contributed by atoms with Gasteiger partial charge in [0.25, 0.3) is 5.88 Å². The number of halogens is 1. The summed E-state index contributed by atoms with van der Waals surface area (Å²) in [5, 5.41) is 4.66. The highest BCUT2D eigenvalue weighted by Gasteiger charge is 2.32. The first-order valence-electron chi connectivity index (χ1n) is 7.39. The number of aromatic nitrogens is 4. The Labute approximate surface area is 137 Å². The molecular weight excluding hydrogens is 314 g/mol. The first kappa shape index (κ1) is 14.1. The summed E-state index contributed by atoms with van der Waals surface area (Å²) >= 11 is 5.94. The fraction of sp³-hybridized carbons (Fsp3) is 0.250. The Morgan fingerprint density at radius 3 is 2.78 bits per heavy atom. The zero-order valence-corrected chi connectivity index (χ0v) is 12.9. The number of nitrogens with zero attached hydrogens (tertiary/aromatic N) is 4. The Morgan fingerprint density at radius 1 is 1.09 bits per heavy atom. The van der Waals surface area contributed by atoms with Gasteiger partial charge in [0, 0.05) is 42.9 Å². The topological polar surface area (TPSA) is 72.8 Å². The van der Waals surface area contributed by atoms with Crippen LogP contribution in [0.1, 0.15) is 12.8 Å². The first-order valence-corrected chi connectivity index (χ1v) is 7.77. The standard InChI is InChI=1S/C16H14ClN5O/c17-14-15(19-6-5-18-14)23-12-7-11(8-12)21-16-20-9-10-3-1-2-4-13(10)22-16/h1-6,9,11-12H,7-8H2,(H,20,21,22). The van der Waals surface area contributed by atoms with Crippen LogP contribution in [0.3, 0.4) is 0 Å². The van der Waals surface area contributed by atoms with E-state index in [1.165, 1.54) is 6.20 Å². The highest BCUT2D eigenvalue weighted by Crippen LogP contribution is 2.29. The number of ether oxygens (including phenoxy) is 1. The summed E-state index contributed by atoms with van der Waals surface area (Å²) in [5.74, 6) is 1.03. The molecule has 1 fully saturated rings. The third-order valence-corrected chi connectivity index (χ3v) is 4.08. The van der Waals surface area contributed by atoms with Gasteiger partial charge in [-0.1, -0.05) is 29.8 Å². The number of para-hydroxylation sites is 1. The monoisotopic (exact) mass is 327 g/mol. The van der Waals surface area contributed by atoms with Crippen molar-refractivity contribution in [2.24, 2.45) is 0 Å². The van der Waals surface area contributed by atoms with E-state index in [1.54, 1.807) is 6.20 Å². The summed E-state index contributed by atoms with van der Waals surface area (Å²) in [6.07, 6.45) is 6.72. The van der Waals surface area contributed by atoms with Crippen LogP contribution >= 0.6 is 11.6 Å². The maximum atomic E-state index is 5.94. The van der Waals surface area contributed by atoms with Crippen molar-refractivity contribution in [3.63, 3.8) is 0 Å². The minimum Gasteiger partial charge on any atom is -0.472 e. The van der Waals surface area contributed by atoms with E-state index in [0.717, 1.165) is 23.7 Å². The number of rotatable bonds is 4. The second-order valence-electron chi connectivity index (χ2n) is 5.46. The molecule has 1 aromatic carbocycles. The molecule has 0 unspecified atom stereocenters. The summed E-state index contributed by atoms with van der Waals surface area (Å²) in [7, 11) is 0. The van der Waals surface area contributed by atoms with Gasteiger partial charge in [0.15, 0.2) is 5.15 Å². The fourth-order valence-electron chi connectivity index (χ4n) is 2.55. The zero-order valence-electron chi connectivity index (χ0n) is 12.2. The maximum absolute atomic E-state index is 5.94. The van der Waals surface area contributed by atoms with Gasteiger partial charge in [-0.25, -0.2) is 19.9 Å². The molecule has 116 valence electrons. The van der Waals surface area contributed by atoms with Crippen LogP contribution in [-0.4, -0.2) is 32.1 Å². The molecule has 0 amide bonds. The van der Waals surface area contributed by atoms with Gasteiger partial charge in [-0.15, -0.1) is 0 Å². The number of hydrogen-bond acceptors (Lipinski definition) is 6. The zero-order chi connectivity index (χ0) is 15.6. The van der Waals surface area contributed by atoms with Crippen molar-refractivity contribution in [3.05, 3.63) is 48.0 Å². The molecule has 1 aliphatic carbocycles. The average Bonchev–Trinajstić information content (AvgIpc) is 2.54. The van der Waals surface area contributed by atoms with Crippen LogP contribution in [0.25, 0.3) is 10.9 Å². The Kier molecular flexibility index (Phi) is 3.67. The lowest BCUT2D eigenvalue weighted by Gasteiger charge is -2.35. The highest BCUT2D eigenvalue weighted by atomic mass is 35.5. The SMILES string of the molecule is Clc1nccnc1OC1CC(Nc2ncc3ccccc3n2)C1. The van der Waals surface area contributed by atoms with Gasteiger partial charge in [0.1, 0.15) is 6.10 Å². The van der Waals surface area contributed by atoms with E-state index < -0.39 is 0 Å². The molecule has 1 aliphatic rings. The van der Waals surface area contributed by atoms with Gasteiger partial charge in [-0.3, -0.25) is 0 Å². The quantitative estimate of drug-likeness (QED) is 0.793. The third-order valence-electron chi connectivity index (χ3n) is 3.82. The van der Waals surface area contributed by atoms with Gasteiger partial charge in [-0.05, 0) is 6.07 Å². The second-order valence-corrected chi connectivity index (χ2v) is 5.82. The molecule has 2 heterocycles. The van der Waals surface area contributed by atoms with E-state index in [4.69, 9.17) is 16.3 Å². The Morgan fingerprint density at radius 2 is 1.91 bits per heavy atom. The molecule has 0 atom stereocenters. The van der Waals surface area contributed by atoms with Crippen LogP contribution in [0.2, 0.25) is 5.15 Å². The minimum atomic E-state index is 0.0853. The molecule has 2 aromatic heterocycles. The van der Waals surface area contributed by atoms with Crippen molar-refractivity contribution < 1.29 is 4.74 Å². The van der Waals surface area contributed by atoms with Crippen LogP contribution in [-0.2, 0) is 0 Å².